The summed E-state index contributed by atoms with van der Waals surface area (Å²) >= 11 is 0. The molecule has 1 N–H and O–H groups in total. The van der Waals surface area contributed by atoms with Gasteiger partial charge in [0, 0.05) is 19.7 Å². The van der Waals surface area contributed by atoms with Crippen molar-refractivity contribution in [3.8, 4) is 0 Å². The third kappa shape index (κ3) is 2.44. The van der Waals surface area contributed by atoms with Gasteiger partial charge in [-0.15, -0.1) is 0 Å². The third-order valence-electron chi connectivity index (χ3n) is 3.57. The smallest absolute Gasteiger partial charge is 0.0471 e. The van der Waals surface area contributed by atoms with Gasteiger partial charge < -0.3 is 10.0 Å². The fourth-order valence-corrected chi connectivity index (χ4v) is 2.36. The monoisotopic (exact) mass is 183 g/mol. The van der Waals surface area contributed by atoms with E-state index < -0.39 is 0 Å². The molecule has 2 rings (SSSR count). The lowest BCUT2D eigenvalue weighted by Crippen LogP contribution is -2.39. The quantitative estimate of drug-likeness (QED) is 0.716. The van der Waals surface area contributed by atoms with Crippen LogP contribution in [0.3, 0.4) is 0 Å². The van der Waals surface area contributed by atoms with E-state index in [0.29, 0.717) is 17.9 Å². The predicted molar refractivity (Wildman–Crippen MR) is 53.6 cm³/mol. The average molecular weight is 183 g/mol. The number of aliphatic hydroxyl groups excluding tert-OH is 1. The Hall–Kier alpha value is -0.0800. The number of hydrogen-bond acceptors (Lipinski definition) is 2. The van der Waals surface area contributed by atoms with Crippen molar-refractivity contribution in [3.63, 3.8) is 0 Å². The summed E-state index contributed by atoms with van der Waals surface area (Å²) < 4.78 is 0. The fourth-order valence-electron chi connectivity index (χ4n) is 2.36. The molecule has 0 radical (unpaired) electrons. The molecule has 0 spiro atoms. The number of piperidine rings is 1. The van der Waals surface area contributed by atoms with E-state index in [1.165, 1.54) is 38.8 Å². The van der Waals surface area contributed by atoms with Crippen LogP contribution in [0.4, 0.5) is 0 Å². The second-order valence-corrected chi connectivity index (χ2v) is 5.24. The summed E-state index contributed by atoms with van der Waals surface area (Å²) in [6.07, 6.45) is 5.33. The summed E-state index contributed by atoms with van der Waals surface area (Å²) in [5.74, 6) is 0.552. The van der Waals surface area contributed by atoms with Crippen molar-refractivity contribution in [2.24, 2.45) is 11.3 Å². The minimum absolute atomic E-state index is 0.382. The second-order valence-electron chi connectivity index (χ2n) is 5.24. The summed E-state index contributed by atoms with van der Waals surface area (Å²) in [6.45, 7) is 6.42. The van der Waals surface area contributed by atoms with Gasteiger partial charge >= 0.3 is 0 Å². The van der Waals surface area contributed by atoms with Gasteiger partial charge in [0.1, 0.15) is 0 Å². The van der Waals surface area contributed by atoms with Gasteiger partial charge in [0.05, 0.1) is 0 Å². The number of rotatable bonds is 3. The predicted octanol–water partition coefficient (Wildman–Crippen LogP) is 1.49. The van der Waals surface area contributed by atoms with Crippen LogP contribution in [-0.4, -0.2) is 36.2 Å². The van der Waals surface area contributed by atoms with Gasteiger partial charge in [-0.25, -0.2) is 0 Å². The molecule has 0 aromatic heterocycles. The number of nitrogens with zero attached hydrogens (tertiary/aromatic N) is 1. The summed E-state index contributed by atoms with van der Waals surface area (Å²) in [5, 5.41) is 9.10. The summed E-state index contributed by atoms with van der Waals surface area (Å²) in [7, 11) is 0. The van der Waals surface area contributed by atoms with Gasteiger partial charge in [-0.05, 0) is 43.6 Å². The lowest BCUT2D eigenvalue weighted by atomic mass is 9.97. The van der Waals surface area contributed by atoms with E-state index in [-0.39, 0.29) is 0 Å². The SMILES string of the molecule is CC1(CN2CCCC(CO)C2)CC1. The van der Waals surface area contributed by atoms with E-state index in [1.54, 1.807) is 0 Å². The van der Waals surface area contributed by atoms with Crippen molar-refractivity contribution in [2.45, 2.75) is 32.6 Å². The van der Waals surface area contributed by atoms with Gasteiger partial charge in [0.2, 0.25) is 0 Å². The molecule has 2 heteroatoms. The highest BCUT2D eigenvalue weighted by molar-refractivity contribution is 4.92. The van der Waals surface area contributed by atoms with E-state index >= 15 is 0 Å². The Morgan fingerprint density at radius 3 is 2.85 bits per heavy atom. The van der Waals surface area contributed by atoms with Gasteiger partial charge in [0.25, 0.3) is 0 Å². The lowest BCUT2D eigenvalue weighted by Gasteiger charge is -2.33. The van der Waals surface area contributed by atoms with Crippen molar-refractivity contribution in [3.05, 3.63) is 0 Å². The van der Waals surface area contributed by atoms with Crippen LogP contribution in [-0.2, 0) is 0 Å². The van der Waals surface area contributed by atoms with E-state index in [4.69, 9.17) is 5.11 Å². The van der Waals surface area contributed by atoms with Crippen LogP contribution >= 0.6 is 0 Å². The molecule has 1 heterocycles. The zero-order valence-electron chi connectivity index (χ0n) is 8.63. The highest BCUT2D eigenvalue weighted by Gasteiger charge is 2.39. The summed E-state index contributed by atoms with van der Waals surface area (Å²) in [6, 6.07) is 0. The minimum Gasteiger partial charge on any atom is -0.396 e. The maximum Gasteiger partial charge on any atom is 0.0471 e. The molecule has 1 atom stereocenters. The third-order valence-corrected chi connectivity index (χ3v) is 3.57. The molecule has 1 aliphatic heterocycles. The average Bonchev–Trinajstić information content (AvgIpc) is 2.84. The zero-order chi connectivity index (χ0) is 9.31. The summed E-state index contributed by atoms with van der Waals surface area (Å²) in [5.41, 5.74) is 0.636. The lowest BCUT2D eigenvalue weighted by molar-refractivity contribution is 0.106. The molecule has 0 aromatic carbocycles. The number of aliphatic hydroxyl groups is 1. The van der Waals surface area contributed by atoms with Gasteiger partial charge in [-0.3, -0.25) is 0 Å². The second kappa shape index (κ2) is 3.58. The molecular weight excluding hydrogens is 162 g/mol. The standard InChI is InChI=1S/C11H21NO/c1-11(4-5-11)9-12-6-2-3-10(7-12)8-13/h10,13H,2-9H2,1H3. The van der Waals surface area contributed by atoms with E-state index in [1.807, 2.05) is 0 Å². The Morgan fingerprint density at radius 2 is 2.23 bits per heavy atom. The highest BCUT2D eigenvalue weighted by atomic mass is 16.3. The highest BCUT2D eigenvalue weighted by Crippen LogP contribution is 2.45. The Morgan fingerprint density at radius 1 is 1.46 bits per heavy atom. The van der Waals surface area contributed by atoms with Crippen molar-refractivity contribution in [2.75, 3.05) is 26.2 Å². The van der Waals surface area contributed by atoms with Crippen molar-refractivity contribution >= 4 is 0 Å². The molecule has 0 aromatic rings. The fraction of sp³-hybridized carbons (Fsp3) is 1.00. The number of hydrogen-bond donors (Lipinski definition) is 1. The molecule has 0 amide bonds. The normalized spacial score (nSPS) is 33.2. The maximum atomic E-state index is 9.10. The van der Waals surface area contributed by atoms with Crippen LogP contribution in [0.1, 0.15) is 32.6 Å². The summed E-state index contributed by atoms with van der Waals surface area (Å²) in [4.78, 5) is 2.55. The molecule has 1 aliphatic carbocycles. The molecule has 2 fully saturated rings. The molecule has 13 heavy (non-hydrogen) atoms. The van der Waals surface area contributed by atoms with E-state index in [2.05, 4.69) is 11.8 Å². The van der Waals surface area contributed by atoms with Crippen LogP contribution in [0.5, 0.6) is 0 Å². The molecule has 76 valence electrons. The number of likely N-dealkylation sites (tertiary alicyclic amines) is 1. The van der Waals surface area contributed by atoms with E-state index in [9.17, 15) is 0 Å². The first-order valence-electron chi connectivity index (χ1n) is 5.55. The largest absolute Gasteiger partial charge is 0.396 e. The molecule has 1 saturated heterocycles. The van der Waals surface area contributed by atoms with Crippen LogP contribution < -0.4 is 0 Å². The van der Waals surface area contributed by atoms with Crippen LogP contribution in [0.15, 0.2) is 0 Å². The van der Waals surface area contributed by atoms with Crippen molar-refractivity contribution in [1.82, 2.24) is 4.90 Å². The van der Waals surface area contributed by atoms with E-state index in [0.717, 1.165) is 6.54 Å². The van der Waals surface area contributed by atoms with Crippen LogP contribution in [0, 0.1) is 11.3 Å². The maximum absolute atomic E-state index is 9.10. The first kappa shape index (κ1) is 9.47. The molecule has 1 saturated carbocycles. The minimum atomic E-state index is 0.382. The Bertz CT molecular complexity index is 177. The zero-order valence-corrected chi connectivity index (χ0v) is 8.63. The van der Waals surface area contributed by atoms with Gasteiger partial charge in [0.15, 0.2) is 0 Å². The molecule has 0 bridgehead atoms. The first-order valence-corrected chi connectivity index (χ1v) is 5.55. The first-order chi connectivity index (χ1) is 6.22. The Balaban J connectivity index is 1.78. The van der Waals surface area contributed by atoms with Crippen molar-refractivity contribution in [1.29, 1.82) is 0 Å². The molecule has 2 nitrogen and oxygen atoms in total. The van der Waals surface area contributed by atoms with Gasteiger partial charge in [-0.1, -0.05) is 6.92 Å². The molecule has 1 unspecified atom stereocenters. The van der Waals surface area contributed by atoms with Crippen molar-refractivity contribution < 1.29 is 5.11 Å². The topological polar surface area (TPSA) is 23.5 Å². The Labute approximate surface area is 80.9 Å². The molecular formula is C11H21NO. The van der Waals surface area contributed by atoms with Crippen LogP contribution in [0.25, 0.3) is 0 Å². The Kier molecular flexibility index (Phi) is 2.61. The van der Waals surface area contributed by atoms with Gasteiger partial charge in [-0.2, -0.15) is 0 Å². The van der Waals surface area contributed by atoms with Crippen LogP contribution in [0.2, 0.25) is 0 Å². The molecule has 2 aliphatic rings.